The molecule has 3 N–H and O–H groups in total. The molecule has 2 rings (SSSR count). The first-order valence-electron chi connectivity index (χ1n) is 9.57. The zero-order valence-corrected chi connectivity index (χ0v) is 17.1. The van der Waals surface area contributed by atoms with Crippen LogP contribution >= 0.6 is 0 Å². The highest BCUT2D eigenvalue weighted by Gasteiger charge is 2.33. The SMILES string of the molecule is CCNC(=NCc1ccc(F)cc1C(F)(F)F)NCCOc1cccc(NC(C)=O)c1. The molecule has 0 aliphatic heterocycles. The monoisotopic (exact) mass is 440 g/mol. The third-order valence-corrected chi connectivity index (χ3v) is 3.95. The molecular formula is C21H24F4N4O2. The normalized spacial score (nSPS) is 11.7. The molecule has 0 saturated carbocycles. The van der Waals surface area contributed by atoms with Gasteiger partial charge in [-0.05, 0) is 36.8 Å². The maximum absolute atomic E-state index is 13.2. The summed E-state index contributed by atoms with van der Waals surface area (Å²) in [5.74, 6) is -0.295. The number of halogens is 4. The minimum Gasteiger partial charge on any atom is -0.492 e. The van der Waals surface area contributed by atoms with Gasteiger partial charge in [-0.15, -0.1) is 0 Å². The first-order chi connectivity index (χ1) is 14.7. The second-order valence-corrected chi connectivity index (χ2v) is 6.48. The van der Waals surface area contributed by atoms with Gasteiger partial charge in [0.25, 0.3) is 0 Å². The molecule has 1 amide bonds. The molecule has 0 fully saturated rings. The van der Waals surface area contributed by atoms with Crippen molar-refractivity contribution in [2.45, 2.75) is 26.6 Å². The van der Waals surface area contributed by atoms with Crippen LogP contribution in [-0.4, -0.2) is 31.6 Å². The van der Waals surface area contributed by atoms with E-state index in [1.165, 1.54) is 6.92 Å². The number of nitrogens with one attached hydrogen (secondary N) is 3. The van der Waals surface area contributed by atoms with Crippen LogP contribution in [0.3, 0.4) is 0 Å². The van der Waals surface area contributed by atoms with Crippen molar-refractivity contribution in [3.05, 3.63) is 59.4 Å². The molecule has 0 radical (unpaired) electrons. The summed E-state index contributed by atoms with van der Waals surface area (Å²) < 4.78 is 58.2. The number of benzene rings is 2. The Bertz CT molecular complexity index is 916. The Balaban J connectivity index is 1.95. The fraction of sp³-hybridized carbons (Fsp3) is 0.333. The molecule has 0 unspecified atom stereocenters. The van der Waals surface area contributed by atoms with E-state index in [4.69, 9.17) is 4.74 Å². The molecule has 0 aliphatic carbocycles. The van der Waals surface area contributed by atoms with Crippen molar-refractivity contribution in [1.82, 2.24) is 10.6 Å². The number of carbonyl (C=O) groups excluding carboxylic acids is 1. The minimum absolute atomic E-state index is 0.128. The predicted octanol–water partition coefficient (Wildman–Crippen LogP) is 3.94. The van der Waals surface area contributed by atoms with Crippen molar-refractivity contribution in [2.24, 2.45) is 4.99 Å². The van der Waals surface area contributed by atoms with Gasteiger partial charge in [0, 0.05) is 25.2 Å². The summed E-state index contributed by atoms with van der Waals surface area (Å²) in [4.78, 5) is 15.3. The number of anilines is 1. The Morgan fingerprint density at radius 3 is 2.58 bits per heavy atom. The average molecular weight is 440 g/mol. The van der Waals surface area contributed by atoms with Crippen LogP contribution in [0, 0.1) is 5.82 Å². The van der Waals surface area contributed by atoms with Crippen LogP contribution in [-0.2, 0) is 17.5 Å². The predicted molar refractivity (Wildman–Crippen MR) is 110 cm³/mol. The molecule has 31 heavy (non-hydrogen) atoms. The van der Waals surface area contributed by atoms with E-state index in [0.717, 1.165) is 12.1 Å². The second-order valence-electron chi connectivity index (χ2n) is 6.48. The average Bonchev–Trinajstić information content (AvgIpc) is 2.69. The summed E-state index contributed by atoms with van der Waals surface area (Å²) in [6.45, 7) is 4.03. The standard InChI is InChI=1S/C21H24F4N4O2/c1-3-26-20(28-13-15-7-8-16(22)11-19(15)21(23,24)25)27-9-10-31-18-6-4-5-17(12-18)29-14(2)30/h4-8,11-12H,3,9-10,13H2,1-2H3,(H,29,30)(H2,26,27,28). The number of nitrogens with zero attached hydrogens (tertiary/aromatic N) is 1. The van der Waals surface area contributed by atoms with Crippen molar-refractivity contribution in [3.8, 4) is 5.75 Å². The van der Waals surface area contributed by atoms with Gasteiger partial charge in [-0.2, -0.15) is 13.2 Å². The minimum atomic E-state index is -4.67. The molecule has 0 heterocycles. The Hall–Kier alpha value is -3.30. The van der Waals surface area contributed by atoms with Crippen LogP contribution in [0.4, 0.5) is 23.2 Å². The van der Waals surface area contributed by atoms with E-state index >= 15 is 0 Å². The van der Waals surface area contributed by atoms with E-state index in [9.17, 15) is 22.4 Å². The molecule has 0 aliphatic rings. The van der Waals surface area contributed by atoms with Crippen molar-refractivity contribution >= 4 is 17.6 Å². The maximum atomic E-state index is 13.2. The van der Waals surface area contributed by atoms with E-state index in [0.29, 0.717) is 36.6 Å². The Kier molecular flexibility index (Phi) is 8.65. The molecule has 0 bridgehead atoms. The summed E-state index contributed by atoms with van der Waals surface area (Å²) in [5, 5.41) is 8.55. The summed E-state index contributed by atoms with van der Waals surface area (Å²) >= 11 is 0. The van der Waals surface area contributed by atoms with Crippen LogP contribution in [0.2, 0.25) is 0 Å². The molecule has 0 saturated heterocycles. The number of alkyl halides is 3. The van der Waals surface area contributed by atoms with Crippen molar-refractivity contribution in [2.75, 3.05) is 25.0 Å². The number of amides is 1. The lowest BCUT2D eigenvalue weighted by Crippen LogP contribution is -2.39. The van der Waals surface area contributed by atoms with Crippen LogP contribution in [0.1, 0.15) is 25.0 Å². The number of guanidine groups is 1. The third-order valence-electron chi connectivity index (χ3n) is 3.95. The van der Waals surface area contributed by atoms with E-state index in [-0.39, 0.29) is 24.6 Å². The van der Waals surface area contributed by atoms with Gasteiger partial charge in [0.1, 0.15) is 18.2 Å². The highest BCUT2D eigenvalue weighted by molar-refractivity contribution is 5.88. The summed E-state index contributed by atoms with van der Waals surface area (Å²) in [7, 11) is 0. The molecule has 0 atom stereocenters. The Morgan fingerprint density at radius 1 is 1.13 bits per heavy atom. The van der Waals surface area contributed by atoms with Gasteiger partial charge in [-0.3, -0.25) is 4.79 Å². The molecule has 6 nitrogen and oxygen atoms in total. The largest absolute Gasteiger partial charge is 0.492 e. The molecule has 0 aromatic heterocycles. The zero-order valence-electron chi connectivity index (χ0n) is 17.1. The molecule has 168 valence electrons. The Morgan fingerprint density at radius 2 is 1.90 bits per heavy atom. The van der Waals surface area contributed by atoms with Crippen LogP contribution in [0.25, 0.3) is 0 Å². The van der Waals surface area contributed by atoms with E-state index in [1.54, 1.807) is 24.3 Å². The first kappa shape index (κ1) is 24.0. The lowest BCUT2D eigenvalue weighted by molar-refractivity contribution is -0.138. The fourth-order valence-electron chi connectivity index (χ4n) is 2.66. The van der Waals surface area contributed by atoms with Crippen LogP contribution in [0.5, 0.6) is 5.75 Å². The van der Waals surface area contributed by atoms with Gasteiger partial charge in [-0.1, -0.05) is 12.1 Å². The summed E-state index contributed by atoms with van der Waals surface area (Å²) in [5.41, 5.74) is -0.570. The van der Waals surface area contributed by atoms with E-state index in [1.807, 2.05) is 6.92 Å². The van der Waals surface area contributed by atoms with Gasteiger partial charge < -0.3 is 20.7 Å². The van der Waals surface area contributed by atoms with Crippen LogP contribution in [0.15, 0.2) is 47.5 Å². The molecule has 0 spiro atoms. The van der Waals surface area contributed by atoms with Crippen molar-refractivity contribution < 1.29 is 27.1 Å². The molecule has 2 aromatic rings. The smallest absolute Gasteiger partial charge is 0.416 e. The number of ether oxygens (including phenoxy) is 1. The molecule has 2 aromatic carbocycles. The van der Waals surface area contributed by atoms with E-state index in [2.05, 4.69) is 20.9 Å². The van der Waals surface area contributed by atoms with E-state index < -0.39 is 17.6 Å². The van der Waals surface area contributed by atoms with Crippen molar-refractivity contribution in [3.63, 3.8) is 0 Å². The highest BCUT2D eigenvalue weighted by Crippen LogP contribution is 2.32. The van der Waals surface area contributed by atoms with Gasteiger partial charge in [0.2, 0.25) is 5.91 Å². The third kappa shape index (κ3) is 8.15. The summed E-state index contributed by atoms with van der Waals surface area (Å²) in [6, 6.07) is 9.40. The fourth-order valence-corrected chi connectivity index (χ4v) is 2.66. The van der Waals surface area contributed by atoms with Gasteiger partial charge in [0.15, 0.2) is 5.96 Å². The number of hydrogen-bond donors (Lipinski definition) is 3. The molecule has 10 heteroatoms. The first-order valence-corrected chi connectivity index (χ1v) is 9.57. The number of aliphatic imine (C=N–C) groups is 1. The van der Waals surface area contributed by atoms with Gasteiger partial charge >= 0.3 is 6.18 Å². The number of rotatable bonds is 8. The lowest BCUT2D eigenvalue weighted by atomic mass is 10.1. The zero-order chi connectivity index (χ0) is 22.9. The summed E-state index contributed by atoms with van der Waals surface area (Å²) in [6.07, 6.45) is -4.67. The number of hydrogen-bond acceptors (Lipinski definition) is 3. The highest BCUT2D eigenvalue weighted by atomic mass is 19.4. The van der Waals surface area contributed by atoms with Crippen LogP contribution < -0.4 is 20.7 Å². The lowest BCUT2D eigenvalue weighted by Gasteiger charge is -2.14. The topological polar surface area (TPSA) is 74.8 Å². The van der Waals surface area contributed by atoms with Crippen molar-refractivity contribution in [1.29, 1.82) is 0 Å². The maximum Gasteiger partial charge on any atom is 0.416 e. The van der Waals surface area contributed by atoms with Gasteiger partial charge in [0.05, 0.1) is 18.7 Å². The quantitative estimate of drug-likeness (QED) is 0.252. The second kappa shape index (κ2) is 11.2. The molecular weight excluding hydrogens is 416 g/mol. The van der Waals surface area contributed by atoms with Gasteiger partial charge in [-0.25, -0.2) is 9.38 Å². The Labute approximate surface area is 177 Å². The number of carbonyl (C=O) groups is 1.